The van der Waals surface area contributed by atoms with Crippen LogP contribution in [0.4, 0.5) is 5.13 Å². The second kappa shape index (κ2) is 7.45. The van der Waals surface area contributed by atoms with Gasteiger partial charge in [-0.05, 0) is 12.8 Å². The highest BCUT2D eigenvalue weighted by molar-refractivity contribution is 7.13. The molecule has 0 bridgehead atoms. The summed E-state index contributed by atoms with van der Waals surface area (Å²) in [5.41, 5.74) is 0.839. The first kappa shape index (κ1) is 14.3. The minimum atomic E-state index is -0.785. The Hall–Kier alpha value is -1.14. The van der Waals surface area contributed by atoms with Crippen LogP contribution in [0.5, 0.6) is 0 Å². The minimum absolute atomic E-state index is 0.133. The molecule has 6 heteroatoms. The van der Waals surface area contributed by atoms with Crippen LogP contribution in [0.1, 0.15) is 37.8 Å². The Labute approximate surface area is 117 Å². The number of hydrogen-bond acceptors (Lipinski definition) is 5. The second-order valence-electron chi connectivity index (χ2n) is 4.74. The molecule has 5 nitrogen and oxygen atoms in total. The van der Waals surface area contributed by atoms with E-state index in [1.54, 1.807) is 0 Å². The van der Waals surface area contributed by atoms with Crippen molar-refractivity contribution in [2.75, 3.05) is 18.5 Å². The molecule has 1 aromatic heterocycles. The molecule has 1 aliphatic rings. The number of nitrogens with zero attached hydrogens (tertiary/aromatic N) is 1. The van der Waals surface area contributed by atoms with Crippen LogP contribution in [0.15, 0.2) is 5.38 Å². The van der Waals surface area contributed by atoms with Crippen LogP contribution in [-0.4, -0.2) is 35.3 Å². The van der Waals surface area contributed by atoms with Gasteiger partial charge in [0.25, 0.3) is 0 Å². The van der Waals surface area contributed by atoms with Gasteiger partial charge in [-0.1, -0.05) is 12.8 Å². The van der Waals surface area contributed by atoms with Crippen LogP contribution in [0.2, 0.25) is 0 Å². The maximum atomic E-state index is 10.5. The summed E-state index contributed by atoms with van der Waals surface area (Å²) in [4.78, 5) is 14.8. The van der Waals surface area contributed by atoms with Crippen molar-refractivity contribution in [2.24, 2.45) is 0 Å². The van der Waals surface area contributed by atoms with Gasteiger partial charge in [0.2, 0.25) is 0 Å². The topological polar surface area (TPSA) is 71.5 Å². The molecule has 106 valence electrons. The number of thiazole rings is 1. The Bertz CT molecular complexity index is 402. The molecule has 0 atom stereocenters. The Morgan fingerprint density at radius 1 is 1.53 bits per heavy atom. The van der Waals surface area contributed by atoms with E-state index in [1.165, 1.54) is 37.0 Å². The highest BCUT2D eigenvalue weighted by atomic mass is 32.1. The summed E-state index contributed by atoms with van der Waals surface area (Å²) in [6.07, 6.45) is 6.03. The molecular weight excluding hydrogens is 264 g/mol. The Morgan fingerprint density at radius 2 is 2.32 bits per heavy atom. The molecule has 0 aromatic carbocycles. The number of carboxylic acid groups (broad SMARTS) is 1. The lowest BCUT2D eigenvalue weighted by Crippen LogP contribution is -2.15. The molecule has 19 heavy (non-hydrogen) atoms. The van der Waals surface area contributed by atoms with Gasteiger partial charge in [-0.15, -0.1) is 11.3 Å². The van der Waals surface area contributed by atoms with E-state index in [-0.39, 0.29) is 6.42 Å². The van der Waals surface area contributed by atoms with Crippen molar-refractivity contribution in [1.29, 1.82) is 0 Å². The first-order valence-electron chi connectivity index (χ1n) is 6.75. The summed E-state index contributed by atoms with van der Waals surface area (Å²) >= 11 is 1.51. The van der Waals surface area contributed by atoms with Crippen LogP contribution in [0, 0.1) is 0 Å². The molecule has 0 unspecified atom stereocenters. The van der Waals surface area contributed by atoms with Crippen LogP contribution in [0.3, 0.4) is 0 Å². The van der Waals surface area contributed by atoms with E-state index in [0.29, 0.717) is 19.1 Å². The normalized spacial score (nSPS) is 15.8. The fraction of sp³-hybridized carbons (Fsp3) is 0.692. The standard InChI is InChI=1S/C13H20N2O3S/c16-12(17)6-5-10-9-19-13(15-10)14-7-8-18-11-3-1-2-4-11/h9,11H,1-8H2,(H,14,15)(H,16,17). The van der Waals surface area contributed by atoms with E-state index in [4.69, 9.17) is 9.84 Å². The van der Waals surface area contributed by atoms with Crippen molar-refractivity contribution in [1.82, 2.24) is 4.98 Å². The van der Waals surface area contributed by atoms with Crippen LogP contribution < -0.4 is 5.32 Å². The molecule has 0 radical (unpaired) electrons. The summed E-state index contributed by atoms with van der Waals surface area (Å²) in [5.74, 6) is -0.785. The van der Waals surface area contributed by atoms with Gasteiger partial charge in [0.15, 0.2) is 5.13 Å². The van der Waals surface area contributed by atoms with Gasteiger partial charge in [-0.3, -0.25) is 4.79 Å². The Morgan fingerprint density at radius 3 is 3.05 bits per heavy atom. The number of aryl methyl sites for hydroxylation is 1. The fourth-order valence-corrected chi connectivity index (χ4v) is 2.95. The summed E-state index contributed by atoms with van der Waals surface area (Å²) in [5, 5.41) is 14.6. The van der Waals surface area contributed by atoms with Crippen molar-refractivity contribution in [3.8, 4) is 0 Å². The number of carboxylic acids is 1. The molecular formula is C13H20N2O3S. The smallest absolute Gasteiger partial charge is 0.303 e. The third kappa shape index (κ3) is 5.16. The maximum absolute atomic E-state index is 10.5. The largest absolute Gasteiger partial charge is 0.481 e. The highest BCUT2D eigenvalue weighted by Gasteiger charge is 2.14. The van der Waals surface area contributed by atoms with E-state index in [0.717, 1.165) is 17.4 Å². The molecule has 2 N–H and O–H groups in total. The molecule has 0 spiro atoms. The summed E-state index contributed by atoms with van der Waals surface area (Å²) in [7, 11) is 0. The number of anilines is 1. The second-order valence-corrected chi connectivity index (χ2v) is 5.60. The quantitative estimate of drug-likeness (QED) is 0.718. The van der Waals surface area contributed by atoms with E-state index in [9.17, 15) is 4.79 Å². The fourth-order valence-electron chi connectivity index (χ4n) is 2.18. The van der Waals surface area contributed by atoms with Crippen molar-refractivity contribution >= 4 is 22.4 Å². The molecule has 1 saturated carbocycles. The van der Waals surface area contributed by atoms with Gasteiger partial charge in [-0.25, -0.2) is 4.98 Å². The monoisotopic (exact) mass is 284 g/mol. The van der Waals surface area contributed by atoms with Crippen LogP contribution in [-0.2, 0) is 16.0 Å². The molecule has 1 aliphatic carbocycles. The number of hydrogen-bond donors (Lipinski definition) is 2. The lowest BCUT2D eigenvalue weighted by Gasteiger charge is -2.10. The zero-order valence-corrected chi connectivity index (χ0v) is 11.7. The van der Waals surface area contributed by atoms with E-state index < -0.39 is 5.97 Å². The number of ether oxygens (including phenoxy) is 1. The highest BCUT2D eigenvalue weighted by Crippen LogP contribution is 2.21. The minimum Gasteiger partial charge on any atom is -0.481 e. The molecule has 0 saturated heterocycles. The van der Waals surface area contributed by atoms with Gasteiger partial charge < -0.3 is 15.2 Å². The molecule has 0 aliphatic heterocycles. The maximum Gasteiger partial charge on any atom is 0.303 e. The van der Waals surface area contributed by atoms with E-state index >= 15 is 0 Å². The van der Waals surface area contributed by atoms with Gasteiger partial charge in [0.1, 0.15) is 0 Å². The first-order valence-corrected chi connectivity index (χ1v) is 7.63. The zero-order valence-electron chi connectivity index (χ0n) is 10.9. The predicted molar refractivity (Wildman–Crippen MR) is 74.8 cm³/mol. The molecule has 2 rings (SSSR count). The molecule has 1 fully saturated rings. The predicted octanol–water partition coefficient (Wildman–Crippen LogP) is 2.53. The average Bonchev–Trinajstić information content (AvgIpc) is 3.04. The number of aromatic nitrogens is 1. The number of nitrogens with one attached hydrogen (secondary N) is 1. The molecule has 1 heterocycles. The van der Waals surface area contributed by atoms with Crippen molar-refractivity contribution in [2.45, 2.75) is 44.6 Å². The number of carbonyl (C=O) groups is 1. The lowest BCUT2D eigenvalue weighted by atomic mass is 10.2. The van der Waals surface area contributed by atoms with Crippen LogP contribution >= 0.6 is 11.3 Å². The van der Waals surface area contributed by atoms with Crippen LogP contribution in [0.25, 0.3) is 0 Å². The molecule has 0 amide bonds. The molecule has 1 aromatic rings. The summed E-state index contributed by atoms with van der Waals surface area (Å²) in [6, 6.07) is 0. The first-order chi connectivity index (χ1) is 9.24. The zero-order chi connectivity index (χ0) is 13.5. The Balaban J connectivity index is 1.61. The Kier molecular flexibility index (Phi) is 5.60. The third-order valence-corrected chi connectivity index (χ3v) is 4.03. The third-order valence-electron chi connectivity index (χ3n) is 3.18. The lowest BCUT2D eigenvalue weighted by molar-refractivity contribution is -0.136. The van der Waals surface area contributed by atoms with Crippen molar-refractivity contribution in [3.05, 3.63) is 11.1 Å². The van der Waals surface area contributed by atoms with Gasteiger partial charge in [-0.2, -0.15) is 0 Å². The average molecular weight is 284 g/mol. The van der Waals surface area contributed by atoms with Gasteiger partial charge in [0, 0.05) is 18.3 Å². The summed E-state index contributed by atoms with van der Waals surface area (Å²) in [6.45, 7) is 1.46. The number of aliphatic carboxylic acids is 1. The van der Waals surface area contributed by atoms with Gasteiger partial charge in [0.05, 0.1) is 24.8 Å². The van der Waals surface area contributed by atoms with Crippen molar-refractivity contribution in [3.63, 3.8) is 0 Å². The number of rotatable bonds is 8. The summed E-state index contributed by atoms with van der Waals surface area (Å²) < 4.78 is 5.75. The van der Waals surface area contributed by atoms with E-state index in [2.05, 4.69) is 10.3 Å². The van der Waals surface area contributed by atoms with E-state index in [1.807, 2.05) is 5.38 Å². The van der Waals surface area contributed by atoms with Crippen molar-refractivity contribution < 1.29 is 14.6 Å². The van der Waals surface area contributed by atoms with Gasteiger partial charge >= 0.3 is 5.97 Å². The SMILES string of the molecule is O=C(O)CCc1csc(NCCOC2CCCC2)n1.